The lowest BCUT2D eigenvalue weighted by Gasteiger charge is -2.32. The molecule has 2 amide bonds. The molecule has 1 aliphatic heterocycles. The smallest absolute Gasteiger partial charge is 0.264 e. The normalized spacial score (nSPS) is 17.8. The molecule has 3 heterocycles. The molecule has 2 aromatic heterocycles. The van der Waals surface area contributed by atoms with Gasteiger partial charge in [0.05, 0.1) is 9.88 Å². The number of nitrogens with zero attached hydrogens (tertiary/aromatic N) is 4. The van der Waals surface area contributed by atoms with Crippen LogP contribution in [0, 0.1) is 12.3 Å². The second kappa shape index (κ2) is 7.42. The quantitative estimate of drug-likeness (QED) is 0.874. The molecule has 0 aliphatic carbocycles. The number of thiophene rings is 1. The van der Waals surface area contributed by atoms with Crippen molar-refractivity contribution in [2.45, 2.75) is 46.5 Å². The lowest BCUT2D eigenvalue weighted by atomic mass is 9.96. The first-order valence-corrected chi connectivity index (χ1v) is 10.0. The van der Waals surface area contributed by atoms with E-state index in [1.165, 1.54) is 11.3 Å². The van der Waals surface area contributed by atoms with Crippen molar-refractivity contribution in [3.05, 3.63) is 28.7 Å². The number of likely N-dealkylation sites (tertiary alicyclic amines) is 1. The van der Waals surface area contributed by atoms with Crippen LogP contribution in [-0.4, -0.2) is 44.6 Å². The fourth-order valence-electron chi connectivity index (χ4n) is 3.23. The van der Waals surface area contributed by atoms with Gasteiger partial charge in [0.15, 0.2) is 0 Å². The molecule has 0 bridgehead atoms. The van der Waals surface area contributed by atoms with E-state index in [0.717, 1.165) is 35.8 Å². The molecule has 1 fully saturated rings. The predicted molar refractivity (Wildman–Crippen MR) is 106 cm³/mol. The lowest BCUT2D eigenvalue weighted by molar-refractivity contribution is -0.123. The van der Waals surface area contributed by atoms with Crippen molar-refractivity contribution in [1.29, 1.82) is 0 Å². The lowest BCUT2D eigenvalue weighted by Crippen LogP contribution is -2.39. The third-order valence-corrected chi connectivity index (χ3v) is 5.99. The van der Waals surface area contributed by atoms with E-state index in [-0.39, 0.29) is 17.7 Å². The summed E-state index contributed by atoms with van der Waals surface area (Å²) in [6, 6.07) is 1.88. The predicted octanol–water partition coefficient (Wildman–Crippen LogP) is 3.19. The summed E-state index contributed by atoms with van der Waals surface area (Å²) in [4.78, 5) is 27.9. The highest BCUT2D eigenvalue weighted by molar-refractivity contribution is 7.18. The van der Waals surface area contributed by atoms with Gasteiger partial charge in [-0.15, -0.1) is 21.5 Å². The molecular weight excluding hydrogens is 362 g/mol. The van der Waals surface area contributed by atoms with Crippen LogP contribution in [0.3, 0.4) is 0 Å². The SMILES string of the molecule is Cc1cc(NC(=O)C(C)(C)C)sc1C(=O)N1CCC[C@H](c2nncn2C)C1. The Hall–Kier alpha value is -2.22. The first kappa shape index (κ1) is 19.5. The summed E-state index contributed by atoms with van der Waals surface area (Å²) >= 11 is 1.35. The maximum atomic E-state index is 13.1. The summed E-state index contributed by atoms with van der Waals surface area (Å²) in [5.74, 6) is 1.10. The molecule has 0 aromatic carbocycles. The first-order valence-electron chi connectivity index (χ1n) is 9.22. The topological polar surface area (TPSA) is 80.1 Å². The number of anilines is 1. The number of hydrogen-bond donors (Lipinski definition) is 1. The molecular formula is C19H27N5O2S. The van der Waals surface area contributed by atoms with Gasteiger partial charge in [-0.3, -0.25) is 9.59 Å². The van der Waals surface area contributed by atoms with Gasteiger partial charge in [-0.1, -0.05) is 20.8 Å². The average Bonchev–Trinajstić information content (AvgIpc) is 3.19. The fraction of sp³-hybridized carbons (Fsp3) is 0.579. The Labute approximate surface area is 163 Å². The summed E-state index contributed by atoms with van der Waals surface area (Å²) in [5.41, 5.74) is 0.424. The molecule has 1 N–H and O–H groups in total. The Morgan fingerprint density at radius 2 is 2.07 bits per heavy atom. The van der Waals surface area contributed by atoms with E-state index in [9.17, 15) is 9.59 Å². The third kappa shape index (κ3) is 4.21. The Balaban J connectivity index is 1.74. The molecule has 8 heteroatoms. The van der Waals surface area contributed by atoms with E-state index < -0.39 is 5.41 Å². The number of piperidine rings is 1. The minimum absolute atomic E-state index is 0.0284. The molecule has 3 rings (SSSR count). The van der Waals surface area contributed by atoms with Crippen LogP contribution in [0.5, 0.6) is 0 Å². The van der Waals surface area contributed by atoms with Crippen molar-refractivity contribution in [2.24, 2.45) is 12.5 Å². The fourth-order valence-corrected chi connectivity index (χ4v) is 4.27. The number of aryl methyl sites for hydroxylation is 2. The van der Waals surface area contributed by atoms with Crippen molar-refractivity contribution < 1.29 is 9.59 Å². The highest BCUT2D eigenvalue weighted by atomic mass is 32.1. The van der Waals surface area contributed by atoms with Gasteiger partial charge < -0.3 is 14.8 Å². The van der Waals surface area contributed by atoms with Gasteiger partial charge in [0.25, 0.3) is 5.91 Å². The molecule has 1 atom stereocenters. The Morgan fingerprint density at radius 1 is 1.33 bits per heavy atom. The standard InChI is InChI=1S/C19H27N5O2S/c1-12-9-14(21-18(26)19(2,3)4)27-15(12)17(25)24-8-6-7-13(10-24)16-22-20-11-23(16)5/h9,11,13H,6-8,10H2,1-5H3,(H,21,26)/t13-/m0/s1. The number of carbonyl (C=O) groups is 2. The van der Waals surface area contributed by atoms with E-state index in [0.29, 0.717) is 11.4 Å². The third-order valence-electron chi connectivity index (χ3n) is 4.85. The summed E-state index contributed by atoms with van der Waals surface area (Å²) in [6.45, 7) is 8.92. The first-order chi connectivity index (χ1) is 12.7. The van der Waals surface area contributed by atoms with Crippen LogP contribution < -0.4 is 5.32 Å². The zero-order valence-corrected chi connectivity index (χ0v) is 17.4. The molecule has 0 saturated carbocycles. The molecule has 1 aliphatic rings. The zero-order valence-electron chi connectivity index (χ0n) is 16.6. The van der Waals surface area contributed by atoms with E-state index in [2.05, 4.69) is 15.5 Å². The maximum absolute atomic E-state index is 13.1. The monoisotopic (exact) mass is 389 g/mol. The van der Waals surface area contributed by atoms with Crippen LogP contribution in [-0.2, 0) is 11.8 Å². The van der Waals surface area contributed by atoms with Crippen LogP contribution in [0.15, 0.2) is 12.4 Å². The summed E-state index contributed by atoms with van der Waals surface area (Å²) in [5, 5.41) is 11.8. The Morgan fingerprint density at radius 3 is 2.70 bits per heavy atom. The van der Waals surface area contributed by atoms with Gasteiger partial charge in [-0.05, 0) is 31.4 Å². The number of aromatic nitrogens is 3. The largest absolute Gasteiger partial charge is 0.337 e. The number of rotatable bonds is 3. The Kier molecular flexibility index (Phi) is 5.37. The van der Waals surface area contributed by atoms with Crippen LogP contribution in [0.4, 0.5) is 5.00 Å². The van der Waals surface area contributed by atoms with Gasteiger partial charge in [-0.25, -0.2) is 0 Å². The number of carbonyl (C=O) groups excluding carboxylic acids is 2. The zero-order chi connectivity index (χ0) is 19.8. The highest BCUT2D eigenvalue weighted by Gasteiger charge is 2.30. The van der Waals surface area contributed by atoms with Gasteiger partial charge in [0.2, 0.25) is 5.91 Å². The molecule has 27 heavy (non-hydrogen) atoms. The van der Waals surface area contributed by atoms with Crippen molar-refractivity contribution in [2.75, 3.05) is 18.4 Å². The summed E-state index contributed by atoms with van der Waals surface area (Å²) < 4.78 is 1.93. The minimum atomic E-state index is -0.474. The molecule has 7 nitrogen and oxygen atoms in total. The number of amides is 2. The molecule has 0 radical (unpaired) electrons. The number of hydrogen-bond acceptors (Lipinski definition) is 5. The Bertz CT molecular complexity index is 849. The van der Waals surface area contributed by atoms with Crippen molar-refractivity contribution >= 4 is 28.2 Å². The maximum Gasteiger partial charge on any atom is 0.264 e. The summed E-state index contributed by atoms with van der Waals surface area (Å²) in [7, 11) is 1.93. The molecule has 1 saturated heterocycles. The van der Waals surface area contributed by atoms with E-state index in [1.54, 1.807) is 6.33 Å². The summed E-state index contributed by atoms with van der Waals surface area (Å²) in [6.07, 6.45) is 3.65. The van der Waals surface area contributed by atoms with E-state index >= 15 is 0 Å². The molecule has 0 spiro atoms. The van der Waals surface area contributed by atoms with Crippen LogP contribution in [0.25, 0.3) is 0 Å². The van der Waals surface area contributed by atoms with Crippen molar-refractivity contribution in [3.8, 4) is 0 Å². The van der Waals surface area contributed by atoms with Crippen LogP contribution >= 0.6 is 11.3 Å². The van der Waals surface area contributed by atoms with Gasteiger partial charge >= 0.3 is 0 Å². The van der Waals surface area contributed by atoms with Crippen molar-refractivity contribution in [1.82, 2.24) is 19.7 Å². The number of nitrogens with one attached hydrogen (secondary N) is 1. The van der Waals surface area contributed by atoms with Crippen LogP contribution in [0.2, 0.25) is 0 Å². The van der Waals surface area contributed by atoms with Gasteiger partial charge in [-0.2, -0.15) is 0 Å². The second-order valence-electron chi connectivity index (χ2n) is 8.22. The molecule has 2 aromatic rings. The second-order valence-corrected chi connectivity index (χ2v) is 9.27. The highest BCUT2D eigenvalue weighted by Crippen LogP contribution is 2.32. The van der Waals surface area contributed by atoms with E-state index in [1.807, 2.05) is 50.3 Å². The minimum Gasteiger partial charge on any atom is -0.337 e. The molecule has 146 valence electrons. The van der Waals surface area contributed by atoms with Gasteiger partial charge in [0.1, 0.15) is 12.2 Å². The average molecular weight is 390 g/mol. The molecule has 0 unspecified atom stereocenters. The van der Waals surface area contributed by atoms with Crippen LogP contribution in [0.1, 0.15) is 60.6 Å². The van der Waals surface area contributed by atoms with E-state index in [4.69, 9.17) is 0 Å². The van der Waals surface area contributed by atoms with Gasteiger partial charge in [0, 0.05) is 31.5 Å². The van der Waals surface area contributed by atoms with Crippen molar-refractivity contribution in [3.63, 3.8) is 0 Å².